The van der Waals surface area contributed by atoms with E-state index in [-0.39, 0.29) is 23.3 Å². The van der Waals surface area contributed by atoms with Gasteiger partial charge in [0.15, 0.2) is 0 Å². The van der Waals surface area contributed by atoms with Crippen molar-refractivity contribution in [3.8, 4) is 0 Å². The molecular formula is C26H33F3N4O2. The Labute approximate surface area is 203 Å². The fraction of sp³-hybridized carbons (Fsp3) is 0.731. The van der Waals surface area contributed by atoms with Crippen LogP contribution in [0.2, 0.25) is 0 Å². The molecule has 1 aromatic heterocycles. The van der Waals surface area contributed by atoms with Crippen molar-refractivity contribution in [1.82, 2.24) is 14.8 Å². The van der Waals surface area contributed by atoms with Crippen LogP contribution in [0.25, 0.3) is 0 Å². The highest BCUT2D eigenvalue weighted by Crippen LogP contribution is 2.60. The van der Waals surface area contributed by atoms with Gasteiger partial charge in [0.1, 0.15) is 11.9 Å². The van der Waals surface area contributed by atoms with Gasteiger partial charge < -0.3 is 14.7 Å². The van der Waals surface area contributed by atoms with Crippen LogP contribution in [-0.2, 0) is 15.8 Å². The van der Waals surface area contributed by atoms with E-state index in [2.05, 4.69) is 4.98 Å². The summed E-state index contributed by atoms with van der Waals surface area (Å²) in [5.74, 6) is 2.82. The summed E-state index contributed by atoms with van der Waals surface area (Å²) >= 11 is 0. The smallest absolute Gasteiger partial charge is 0.353 e. The molecule has 2 aliphatic heterocycles. The van der Waals surface area contributed by atoms with Crippen molar-refractivity contribution >= 4 is 17.6 Å². The number of aromatic nitrogens is 1. The number of nitrogens with zero attached hydrogens (tertiary/aromatic N) is 4. The lowest BCUT2D eigenvalue weighted by Gasteiger charge is -2.56. The third kappa shape index (κ3) is 4.08. The van der Waals surface area contributed by atoms with Crippen molar-refractivity contribution < 1.29 is 22.8 Å². The molecule has 1 unspecified atom stereocenters. The first-order chi connectivity index (χ1) is 16.7. The zero-order valence-corrected chi connectivity index (χ0v) is 20.0. The van der Waals surface area contributed by atoms with Crippen LogP contribution in [0, 0.1) is 23.2 Å². The predicted molar refractivity (Wildman–Crippen MR) is 123 cm³/mol. The summed E-state index contributed by atoms with van der Waals surface area (Å²) < 4.78 is 38.5. The summed E-state index contributed by atoms with van der Waals surface area (Å²) in [7, 11) is 0. The summed E-state index contributed by atoms with van der Waals surface area (Å²) in [6, 6.07) is 2.07. The van der Waals surface area contributed by atoms with E-state index in [0.717, 1.165) is 44.4 Å². The van der Waals surface area contributed by atoms with Gasteiger partial charge in [-0.3, -0.25) is 9.59 Å². The van der Waals surface area contributed by atoms with Crippen molar-refractivity contribution in [2.24, 2.45) is 23.2 Å². The molecular weight excluding hydrogens is 457 g/mol. The summed E-state index contributed by atoms with van der Waals surface area (Å²) in [4.78, 5) is 37.1. The number of pyridine rings is 1. The number of halogens is 3. The Hall–Kier alpha value is -2.32. The largest absolute Gasteiger partial charge is 0.417 e. The number of carbonyl (C=O) groups is 2. The lowest BCUT2D eigenvalue weighted by molar-refractivity contribution is -0.162. The molecule has 2 saturated heterocycles. The molecule has 1 atom stereocenters. The molecule has 0 aromatic carbocycles. The van der Waals surface area contributed by atoms with Crippen LogP contribution in [0.3, 0.4) is 0 Å². The first kappa shape index (κ1) is 23.1. The number of hydrogen-bond acceptors (Lipinski definition) is 4. The number of likely N-dealkylation sites (tertiary alicyclic amines) is 1. The molecule has 0 spiro atoms. The molecule has 4 aliphatic carbocycles. The first-order valence-corrected chi connectivity index (χ1v) is 13.1. The van der Waals surface area contributed by atoms with Gasteiger partial charge >= 0.3 is 6.18 Å². The van der Waals surface area contributed by atoms with Gasteiger partial charge in [-0.1, -0.05) is 0 Å². The van der Waals surface area contributed by atoms with Gasteiger partial charge in [0.05, 0.1) is 11.0 Å². The van der Waals surface area contributed by atoms with E-state index in [0.29, 0.717) is 56.3 Å². The number of anilines is 1. The second kappa shape index (κ2) is 8.37. The Balaban J connectivity index is 1.09. The third-order valence-corrected chi connectivity index (χ3v) is 9.28. The Morgan fingerprint density at radius 2 is 1.54 bits per heavy atom. The number of rotatable bonds is 3. The minimum absolute atomic E-state index is 0.0283. The highest BCUT2D eigenvalue weighted by atomic mass is 19.4. The molecule has 6 nitrogen and oxygen atoms in total. The van der Waals surface area contributed by atoms with Crippen LogP contribution in [0.1, 0.15) is 56.9 Å². The summed E-state index contributed by atoms with van der Waals surface area (Å²) in [5, 5.41) is 0. The van der Waals surface area contributed by atoms with E-state index in [9.17, 15) is 22.8 Å². The maximum absolute atomic E-state index is 13.9. The Morgan fingerprint density at radius 1 is 0.914 bits per heavy atom. The number of piperazine rings is 1. The third-order valence-electron chi connectivity index (χ3n) is 9.28. The van der Waals surface area contributed by atoms with Crippen molar-refractivity contribution in [2.75, 3.05) is 37.6 Å². The number of alkyl halides is 3. The normalized spacial score (nSPS) is 34.5. The highest BCUT2D eigenvalue weighted by molar-refractivity contribution is 5.91. The molecule has 9 heteroatoms. The molecule has 1 aromatic rings. The Bertz CT molecular complexity index is 952. The second-order valence-electron chi connectivity index (χ2n) is 11.6. The molecule has 2 amide bonds. The van der Waals surface area contributed by atoms with Gasteiger partial charge in [-0.25, -0.2) is 4.98 Å². The van der Waals surface area contributed by atoms with Gasteiger partial charge in [0.25, 0.3) is 0 Å². The average molecular weight is 491 g/mol. The van der Waals surface area contributed by atoms with E-state index in [1.54, 1.807) is 0 Å². The Morgan fingerprint density at radius 3 is 2.09 bits per heavy atom. The zero-order valence-electron chi connectivity index (χ0n) is 20.0. The SMILES string of the molecule is O=C(C1CCCN1C(=O)C12CC3CC(CC(C3)C1)C2)N1CCN(c2ccc(C(F)(F)F)cn2)CC1. The minimum Gasteiger partial charge on any atom is -0.353 e. The maximum atomic E-state index is 13.9. The number of hydrogen-bond donors (Lipinski definition) is 0. The van der Waals surface area contributed by atoms with E-state index in [1.165, 1.54) is 25.3 Å². The number of carbonyl (C=O) groups excluding carboxylic acids is 2. The Kier molecular flexibility index (Phi) is 5.53. The van der Waals surface area contributed by atoms with Crippen LogP contribution in [-0.4, -0.2) is 65.4 Å². The maximum Gasteiger partial charge on any atom is 0.417 e. The van der Waals surface area contributed by atoms with E-state index in [4.69, 9.17) is 0 Å². The van der Waals surface area contributed by atoms with Crippen LogP contribution in [0.4, 0.5) is 19.0 Å². The fourth-order valence-corrected chi connectivity index (χ4v) is 8.05. The average Bonchev–Trinajstić information content (AvgIpc) is 3.32. The van der Waals surface area contributed by atoms with E-state index < -0.39 is 11.7 Å². The standard InChI is InChI=1S/C26H33F3N4O2/c27-26(28,29)20-3-4-22(30-16-20)31-6-8-32(9-7-31)23(34)21-2-1-5-33(21)24(35)25-13-17-10-18(14-25)12-19(11-17)15-25/h3-4,16-19,21H,1-2,5-15H2. The molecule has 190 valence electrons. The molecule has 3 heterocycles. The van der Waals surface area contributed by atoms with Crippen LogP contribution in [0.15, 0.2) is 18.3 Å². The van der Waals surface area contributed by atoms with Crippen molar-refractivity contribution in [1.29, 1.82) is 0 Å². The monoisotopic (exact) mass is 490 g/mol. The summed E-state index contributed by atoms with van der Waals surface area (Å²) in [5.41, 5.74) is -0.995. The second-order valence-corrected chi connectivity index (χ2v) is 11.6. The lowest BCUT2D eigenvalue weighted by atomic mass is 9.49. The molecule has 6 aliphatic rings. The van der Waals surface area contributed by atoms with E-state index in [1.807, 2.05) is 14.7 Å². The highest BCUT2D eigenvalue weighted by Gasteiger charge is 2.57. The summed E-state index contributed by atoms with van der Waals surface area (Å²) in [6.45, 7) is 2.67. The van der Waals surface area contributed by atoms with Crippen LogP contribution >= 0.6 is 0 Å². The van der Waals surface area contributed by atoms with Gasteiger partial charge in [-0.2, -0.15) is 13.2 Å². The predicted octanol–water partition coefficient (Wildman–Crippen LogP) is 3.96. The summed E-state index contributed by atoms with van der Waals surface area (Å²) in [6.07, 6.45) is 4.92. The lowest BCUT2D eigenvalue weighted by Crippen LogP contribution is -2.59. The van der Waals surface area contributed by atoms with Gasteiger partial charge in [0.2, 0.25) is 11.8 Å². The molecule has 6 fully saturated rings. The van der Waals surface area contributed by atoms with Crippen molar-refractivity contribution in [3.05, 3.63) is 23.9 Å². The topological polar surface area (TPSA) is 56.8 Å². The minimum atomic E-state index is -4.41. The first-order valence-electron chi connectivity index (χ1n) is 13.1. The molecule has 4 bridgehead atoms. The van der Waals surface area contributed by atoms with Crippen LogP contribution < -0.4 is 4.90 Å². The van der Waals surface area contributed by atoms with Gasteiger partial charge in [-0.05, 0) is 81.3 Å². The molecule has 7 rings (SSSR count). The molecule has 35 heavy (non-hydrogen) atoms. The quantitative estimate of drug-likeness (QED) is 0.644. The fourth-order valence-electron chi connectivity index (χ4n) is 8.05. The van der Waals surface area contributed by atoms with Crippen molar-refractivity contribution in [2.45, 2.75) is 63.6 Å². The van der Waals surface area contributed by atoms with Gasteiger partial charge in [-0.15, -0.1) is 0 Å². The molecule has 0 N–H and O–H groups in total. The van der Waals surface area contributed by atoms with Crippen LogP contribution in [0.5, 0.6) is 0 Å². The number of amides is 2. The molecule has 0 radical (unpaired) electrons. The van der Waals surface area contributed by atoms with Crippen molar-refractivity contribution in [3.63, 3.8) is 0 Å². The molecule has 4 saturated carbocycles. The van der Waals surface area contributed by atoms with Gasteiger partial charge in [0, 0.05) is 38.9 Å². The van der Waals surface area contributed by atoms with E-state index >= 15 is 0 Å². The zero-order chi connectivity index (χ0) is 24.4.